The van der Waals surface area contributed by atoms with E-state index in [0.29, 0.717) is 0 Å². The van der Waals surface area contributed by atoms with E-state index in [1.165, 1.54) is 0 Å². The van der Waals surface area contributed by atoms with Crippen LogP contribution in [0, 0.1) is 0 Å². The van der Waals surface area contributed by atoms with Crippen molar-refractivity contribution in [3.05, 3.63) is 0 Å². The van der Waals surface area contributed by atoms with E-state index >= 15 is 0 Å². The summed E-state index contributed by atoms with van der Waals surface area (Å²) in [6.45, 7) is 0. The molecule has 0 aromatic carbocycles. The molecule has 0 aliphatic carbocycles. The molecule has 13 heavy (non-hydrogen) atoms. The lowest BCUT2D eigenvalue weighted by atomic mass is 10.1. The predicted octanol–water partition coefficient (Wildman–Crippen LogP) is -0.619. The molecule has 0 radical (unpaired) electrons. The highest BCUT2D eigenvalue weighted by Crippen LogP contribution is 2.31. The van der Waals surface area contributed by atoms with Gasteiger partial charge in [-0.25, -0.2) is 9.59 Å². The van der Waals surface area contributed by atoms with Crippen LogP contribution in [0.4, 0.5) is 13.3 Å². The first-order valence-electron chi connectivity index (χ1n) is 2.57. The molecular formula is C4H3F3O6. The summed E-state index contributed by atoms with van der Waals surface area (Å²) >= 11 is 0. The number of carbonyl (C=O) groups is 2. The van der Waals surface area contributed by atoms with Gasteiger partial charge in [0, 0.05) is 0 Å². The summed E-state index contributed by atoms with van der Waals surface area (Å²) in [5.74, 6) is -15.9. The molecular weight excluding hydrogens is 201 g/mol. The fraction of sp³-hybridized carbons (Fsp3) is 0.500. The molecule has 0 aromatic rings. The number of rotatable bonds is 4. The molecule has 0 saturated heterocycles. The van der Waals surface area contributed by atoms with E-state index in [9.17, 15) is 22.9 Å². The van der Waals surface area contributed by atoms with Gasteiger partial charge in [0.15, 0.2) is 0 Å². The third-order valence-corrected chi connectivity index (χ3v) is 1.09. The van der Waals surface area contributed by atoms with Crippen molar-refractivity contribution in [3.8, 4) is 0 Å². The highest BCUT2D eigenvalue weighted by atomic mass is 19.3. The van der Waals surface area contributed by atoms with Gasteiger partial charge in [-0.2, -0.15) is 8.78 Å². The average Bonchev–Trinajstić information content (AvgIpc) is 2.01. The normalized spacial score (nSPS) is 20.0. The van der Waals surface area contributed by atoms with Crippen molar-refractivity contribution in [3.63, 3.8) is 0 Å². The topological polar surface area (TPSA) is 104 Å². The van der Waals surface area contributed by atoms with Gasteiger partial charge in [0.2, 0.25) is 0 Å². The van der Waals surface area contributed by atoms with Gasteiger partial charge in [-0.3, -0.25) is 0 Å². The molecule has 76 valence electrons. The van der Waals surface area contributed by atoms with Crippen molar-refractivity contribution in [2.24, 2.45) is 0 Å². The molecule has 0 heterocycles. The lowest BCUT2D eigenvalue weighted by Crippen LogP contribution is -2.58. The molecule has 0 aromatic heterocycles. The Bertz CT molecular complexity index is 240. The Labute approximate surface area is 68.1 Å². The minimum atomic E-state index is -5.02. The zero-order valence-corrected chi connectivity index (χ0v) is 5.70. The molecule has 0 bridgehead atoms. The fourth-order valence-corrected chi connectivity index (χ4v) is 0.363. The van der Waals surface area contributed by atoms with Gasteiger partial charge >= 0.3 is 23.6 Å². The maximum absolute atomic E-state index is 12.5. The second-order valence-electron chi connectivity index (χ2n) is 1.90. The Morgan fingerprint density at radius 3 is 1.62 bits per heavy atom. The smallest absolute Gasteiger partial charge is 0.409 e. The Balaban J connectivity index is 5.19. The number of aliphatic carboxylic acids is 2. The van der Waals surface area contributed by atoms with Crippen LogP contribution in [0.1, 0.15) is 0 Å². The predicted molar refractivity (Wildman–Crippen MR) is 27.4 cm³/mol. The van der Waals surface area contributed by atoms with E-state index in [1.54, 1.807) is 0 Å². The van der Waals surface area contributed by atoms with Gasteiger partial charge in [-0.1, -0.05) is 0 Å². The number of aliphatic hydroxyl groups is 1. The molecule has 0 fully saturated rings. The lowest BCUT2D eigenvalue weighted by molar-refractivity contribution is -0.362. The maximum atomic E-state index is 12.5. The van der Waals surface area contributed by atoms with Crippen molar-refractivity contribution in [1.29, 1.82) is 0 Å². The van der Waals surface area contributed by atoms with Crippen LogP contribution in [0.3, 0.4) is 0 Å². The summed E-state index contributed by atoms with van der Waals surface area (Å²) in [5, 5.41) is 23.7. The molecule has 0 saturated carbocycles. The minimum absolute atomic E-state index is 1.95. The van der Waals surface area contributed by atoms with E-state index in [0.717, 1.165) is 0 Å². The zero-order chi connectivity index (χ0) is 10.9. The molecule has 0 spiro atoms. The van der Waals surface area contributed by atoms with Gasteiger partial charge in [0.05, 0.1) is 0 Å². The van der Waals surface area contributed by atoms with Gasteiger partial charge in [0.1, 0.15) is 0 Å². The van der Waals surface area contributed by atoms with Crippen LogP contribution < -0.4 is 0 Å². The Kier molecular flexibility index (Phi) is 2.85. The van der Waals surface area contributed by atoms with Gasteiger partial charge in [-0.05, 0) is 4.53 Å². The minimum Gasteiger partial charge on any atom is -0.477 e. The van der Waals surface area contributed by atoms with Crippen LogP contribution in [-0.4, -0.2) is 39.0 Å². The summed E-state index contributed by atoms with van der Waals surface area (Å²) < 4.78 is 36.0. The van der Waals surface area contributed by atoms with Crippen molar-refractivity contribution < 1.29 is 43.2 Å². The van der Waals surface area contributed by atoms with Crippen molar-refractivity contribution in [2.75, 3.05) is 0 Å². The number of hydrogen-bond donors (Lipinski definition) is 3. The first-order chi connectivity index (χ1) is 5.70. The standard InChI is InChI=1S/C4H3F3O6/c5-3(12,1(8)9)4(6,13-7)2(10)11/h12H,(H,8,9)(H,10,11). The zero-order valence-electron chi connectivity index (χ0n) is 5.70. The number of hydrogen-bond acceptors (Lipinski definition) is 4. The fourth-order valence-electron chi connectivity index (χ4n) is 0.363. The van der Waals surface area contributed by atoms with E-state index in [1.807, 2.05) is 4.94 Å². The Hall–Kier alpha value is -1.35. The van der Waals surface area contributed by atoms with Crippen molar-refractivity contribution >= 4 is 11.9 Å². The molecule has 0 aliphatic rings. The summed E-state index contributed by atoms with van der Waals surface area (Å²) in [5.41, 5.74) is 0. The van der Waals surface area contributed by atoms with Crippen molar-refractivity contribution in [2.45, 2.75) is 11.7 Å². The highest BCUT2D eigenvalue weighted by Gasteiger charge is 2.68. The highest BCUT2D eigenvalue weighted by molar-refractivity contribution is 5.87. The summed E-state index contributed by atoms with van der Waals surface area (Å²) in [6, 6.07) is 0. The van der Waals surface area contributed by atoms with Crippen LogP contribution in [0.2, 0.25) is 0 Å². The molecule has 3 N–H and O–H groups in total. The number of carboxylic acid groups (broad SMARTS) is 2. The quantitative estimate of drug-likeness (QED) is 0.563. The first-order valence-corrected chi connectivity index (χ1v) is 2.57. The van der Waals surface area contributed by atoms with Crippen molar-refractivity contribution in [1.82, 2.24) is 0 Å². The van der Waals surface area contributed by atoms with Crippen LogP contribution in [-0.2, 0) is 14.5 Å². The van der Waals surface area contributed by atoms with Crippen LogP contribution >= 0.6 is 0 Å². The molecule has 6 nitrogen and oxygen atoms in total. The molecule has 0 rings (SSSR count). The van der Waals surface area contributed by atoms with Crippen LogP contribution in [0.15, 0.2) is 0 Å². The monoisotopic (exact) mass is 204 g/mol. The maximum Gasteiger partial charge on any atom is 0.409 e. The Morgan fingerprint density at radius 1 is 1.15 bits per heavy atom. The number of alkyl halides is 2. The summed E-state index contributed by atoms with van der Waals surface area (Å²) in [4.78, 5) is 21.5. The molecule has 0 aliphatic heterocycles. The van der Waals surface area contributed by atoms with Crippen LogP contribution in [0.25, 0.3) is 0 Å². The number of carboxylic acids is 2. The molecule has 0 amide bonds. The average molecular weight is 204 g/mol. The van der Waals surface area contributed by atoms with E-state index in [2.05, 4.69) is 0 Å². The molecule has 2 atom stereocenters. The molecule has 2 unspecified atom stereocenters. The lowest BCUT2D eigenvalue weighted by Gasteiger charge is -2.23. The van der Waals surface area contributed by atoms with E-state index in [-0.39, 0.29) is 0 Å². The van der Waals surface area contributed by atoms with Gasteiger partial charge < -0.3 is 15.3 Å². The van der Waals surface area contributed by atoms with Gasteiger partial charge in [-0.15, -0.1) is 4.94 Å². The van der Waals surface area contributed by atoms with Crippen LogP contribution in [0.5, 0.6) is 0 Å². The first kappa shape index (κ1) is 11.6. The van der Waals surface area contributed by atoms with Gasteiger partial charge in [0.25, 0.3) is 0 Å². The van der Waals surface area contributed by atoms with E-state index < -0.39 is 23.6 Å². The molecule has 9 heteroatoms. The Morgan fingerprint density at radius 2 is 1.54 bits per heavy atom. The summed E-state index contributed by atoms with van der Waals surface area (Å²) in [6.07, 6.45) is 0. The third-order valence-electron chi connectivity index (χ3n) is 1.09. The third kappa shape index (κ3) is 1.55. The van der Waals surface area contributed by atoms with E-state index in [4.69, 9.17) is 15.3 Å². The summed E-state index contributed by atoms with van der Waals surface area (Å²) in [7, 11) is 0. The second kappa shape index (κ2) is 3.18. The largest absolute Gasteiger partial charge is 0.477 e. The second-order valence-corrected chi connectivity index (χ2v) is 1.90. The SMILES string of the molecule is O=C(O)C(O)(F)C(F)(OF)C(=O)O. The number of halogens is 3.